The van der Waals surface area contributed by atoms with Crippen LogP contribution in [0.5, 0.6) is 0 Å². The molecule has 2 rings (SSSR count). The van der Waals surface area contributed by atoms with Crippen molar-refractivity contribution in [3.05, 3.63) is 35.4 Å². The fraction of sp³-hybridized carbons (Fsp3) is 0.571. The number of nitrogens with two attached hydrogens (primary N) is 1. The van der Waals surface area contributed by atoms with Crippen LogP contribution in [0.4, 0.5) is 22.0 Å². The molecule has 1 aliphatic carbocycles. The molecule has 0 bridgehead atoms. The molecule has 20 heavy (non-hydrogen) atoms. The maximum atomic E-state index is 13.6. The van der Waals surface area contributed by atoms with E-state index in [1.807, 2.05) is 0 Å². The first-order valence-electron chi connectivity index (χ1n) is 6.56. The summed E-state index contributed by atoms with van der Waals surface area (Å²) in [4.78, 5) is 0. The fourth-order valence-corrected chi connectivity index (χ4v) is 2.88. The molecule has 1 nitrogen and oxygen atoms in total. The van der Waals surface area contributed by atoms with E-state index in [0.717, 1.165) is 18.2 Å². The maximum absolute atomic E-state index is 13.6. The van der Waals surface area contributed by atoms with Gasteiger partial charge in [-0.15, -0.1) is 0 Å². The van der Waals surface area contributed by atoms with E-state index in [0.29, 0.717) is 12.8 Å². The molecule has 0 heterocycles. The minimum atomic E-state index is -4.25. The summed E-state index contributed by atoms with van der Waals surface area (Å²) in [6.07, 6.45) is -3.39. The second-order valence-electron chi connectivity index (χ2n) is 5.36. The van der Waals surface area contributed by atoms with Crippen LogP contribution >= 0.6 is 0 Å². The van der Waals surface area contributed by atoms with Crippen molar-refractivity contribution in [3.8, 4) is 0 Å². The Hall–Kier alpha value is -1.17. The molecule has 0 radical (unpaired) electrons. The second kappa shape index (κ2) is 5.68. The quantitative estimate of drug-likeness (QED) is 0.807. The number of rotatable bonds is 2. The highest BCUT2D eigenvalue weighted by Gasteiger charge is 2.43. The van der Waals surface area contributed by atoms with Gasteiger partial charge in [-0.3, -0.25) is 0 Å². The van der Waals surface area contributed by atoms with E-state index in [-0.39, 0.29) is 18.4 Å². The van der Waals surface area contributed by atoms with Gasteiger partial charge in [0.15, 0.2) is 0 Å². The van der Waals surface area contributed by atoms with Crippen LogP contribution in [0, 0.1) is 23.5 Å². The lowest BCUT2D eigenvalue weighted by Gasteiger charge is -2.34. The Kier molecular flexibility index (Phi) is 4.32. The summed E-state index contributed by atoms with van der Waals surface area (Å²) < 4.78 is 65.0. The van der Waals surface area contributed by atoms with E-state index in [4.69, 9.17) is 5.73 Å². The molecule has 0 saturated heterocycles. The average Bonchev–Trinajstić information content (AvgIpc) is 2.40. The highest BCUT2D eigenvalue weighted by Crippen LogP contribution is 2.43. The summed E-state index contributed by atoms with van der Waals surface area (Å²) in [6.45, 7) is 0. The zero-order valence-corrected chi connectivity index (χ0v) is 10.8. The molecule has 1 aliphatic rings. The lowest BCUT2D eigenvalue weighted by molar-refractivity contribution is -0.186. The molecule has 0 aliphatic heterocycles. The Bertz CT molecular complexity index is 471. The summed E-state index contributed by atoms with van der Waals surface area (Å²) in [6, 6.07) is 1.98. The molecule has 2 N–H and O–H groups in total. The van der Waals surface area contributed by atoms with E-state index in [9.17, 15) is 22.0 Å². The van der Waals surface area contributed by atoms with Crippen molar-refractivity contribution in [2.45, 2.75) is 37.9 Å². The number of benzene rings is 1. The van der Waals surface area contributed by atoms with Crippen LogP contribution < -0.4 is 5.73 Å². The fourth-order valence-electron chi connectivity index (χ4n) is 2.88. The standard InChI is InChI=1S/C14H16F5N/c15-10-4-5-12(16)11(7-10)13(20)8-2-1-3-9(6-8)14(17,18)19/h4-5,7-9,13H,1-3,6,20H2. The summed E-state index contributed by atoms with van der Waals surface area (Å²) in [7, 11) is 0. The van der Waals surface area contributed by atoms with E-state index < -0.39 is 35.7 Å². The first-order chi connectivity index (χ1) is 9.29. The lowest BCUT2D eigenvalue weighted by atomic mass is 9.76. The van der Waals surface area contributed by atoms with Crippen molar-refractivity contribution in [1.29, 1.82) is 0 Å². The Morgan fingerprint density at radius 2 is 1.85 bits per heavy atom. The zero-order valence-electron chi connectivity index (χ0n) is 10.8. The van der Waals surface area contributed by atoms with Crippen molar-refractivity contribution < 1.29 is 22.0 Å². The topological polar surface area (TPSA) is 26.0 Å². The summed E-state index contributed by atoms with van der Waals surface area (Å²) in [5.74, 6) is -3.19. The zero-order chi connectivity index (χ0) is 14.9. The molecule has 3 unspecified atom stereocenters. The van der Waals surface area contributed by atoms with Crippen LogP contribution in [0.2, 0.25) is 0 Å². The van der Waals surface area contributed by atoms with Gasteiger partial charge in [0.1, 0.15) is 11.6 Å². The summed E-state index contributed by atoms with van der Waals surface area (Å²) >= 11 is 0. The van der Waals surface area contributed by atoms with Crippen molar-refractivity contribution >= 4 is 0 Å². The van der Waals surface area contributed by atoms with Gasteiger partial charge in [0.25, 0.3) is 0 Å². The molecule has 6 heteroatoms. The van der Waals surface area contributed by atoms with Crippen LogP contribution in [-0.4, -0.2) is 6.18 Å². The van der Waals surface area contributed by atoms with Crippen LogP contribution in [0.3, 0.4) is 0 Å². The molecule has 1 aromatic rings. The molecule has 0 amide bonds. The van der Waals surface area contributed by atoms with Gasteiger partial charge in [-0.25, -0.2) is 8.78 Å². The van der Waals surface area contributed by atoms with Gasteiger partial charge < -0.3 is 5.73 Å². The molecule has 0 spiro atoms. The smallest absolute Gasteiger partial charge is 0.324 e. The highest BCUT2D eigenvalue weighted by atomic mass is 19.4. The van der Waals surface area contributed by atoms with Gasteiger partial charge >= 0.3 is 6.18 Å². The van der Waals surface area contributed by atoms with Gasteiger partial charge in [0.05, 0.1) is 5.92 Å². The molecule has 1 fully saturated rings. The third kappa shape index (κ3) is 3.29. The second-order valence-corrected chi connectivity index (χ2v) is 5.36. The minimum absolute atomic E-state index is 0.0437. The monoisotopic (exact) mass is 293 g/mol. The molecular weight excluding hydrogens is 277 g/mol. The third-order valence-electron chi connectivity index (χ3n) is 4.00. The molecular formula is C14H16F5N. The Morgan fingerprint density at radius 1 is 1.15 bits per heavy atom. The third-order valence-corrected chi connectivity index (χ3v) is 4.00. The predicted molar refractivity (Wildman–Crippen MR) is 64.8 cm³/mol. The van der Waals surface area contributed by atoms with Gasteiger partial charge in [0, 0.05) is 11.6 Å². The van der Waals surface area contributed by atoms with E-state index in [1.165, 1.54) is 0 Å². The van der Waals surface area contributed by atoms with Gasteiger partial charge in [-0.05, 0) is 43.4 Å². The molecule has 1 saturated carbocycles. The lowest BCUT2D eigenvalue weighted by Crippen LogP contribution is -2.33. The number of hydrogen-bond acceptors (Lipinski definition) is 1. The number of hydrogen-bond donors (Lipinski definition) is 1. The van der Waals surface area contributed by atoms with Crippen molar-refractivity contribution in [2.75, 3.05) is 0 Å². The van der Waals surface area contributed by atoms with Crippen LogP contribution in [0.1, 0.15) is 37.3 Å². The van der Waals surface area contributed by atoms with E-state index >= 15 is 0 Å². The molecule has 1 aromatic carbocycles. The van der Waals surface area contributed by atoms with Crippen molar-refractivity contribution in [2.24, 2.45) is 17.6 Å². The largest absolute Gasteiger partial charge is 0.391 e. The van der Waals surface area contributed by atoms with Gasteiger partial charge in [-0.1, -0.05) is 6.42 Å². The predicted octanol–water partition coefficient (Wildman–Crippen LogP) is 4.33. The maximum Gasteiger partial charge on any atom is 0.391 e. The van der Waals surface area contributed by atoms with Gasteiger partial charge in [-0.2, -0.15) is 13.2 Å². The number of halogens is 5. The SMILES string of the molecule is NC(c1cc(F)ccc1F)C1CCCC(C(F)(F)F)C1. The number of alkyl halides is 3. The van der Waals surface area contributed by atoms with Crippen LogP contribution in [-0.2, 0) is 0 Å². The molecule has 112 valence electrons. The Morgan fingerprint density at radius 3 is 2.50 bits per heavy atom. The van der Waals surface area contributed by atoms with E-state index in [1.54, 1.807) is 0 Å². The highest BCUT2D eigenvalue weighted by molar-refractivity contribution is 5.22. The minimum Gasteiger partial charge on any atom is -0.324 e. The summed E-state index contributed by atoms with van der Waals surface area (Å²) in [5, 5.41) is 0. The van der Waals surface area contributed by atoms with Crippen molar-refractivity contribution in [1.82, 2.24) is 0 Å². The normalized spacial score (nSPS) is 25.5. The Balaban J connectivity index is 2.16. The van der Waals surface area contributed by atoms with Crippen LogP contribution in [0.15, 0.2) is 18.2 Å². The van der Waals surface area contributed by atoms with Crippen molar-refractivity contribution in [3.63, 3.8) is 0 Å². The molecule has 0 aromatic heterocycles. The van der Waals surface area contributed by atoms with Gasteiger partial charge in [0.2, 0.25) is 0 Å². The first-order valence-corrected chi connectivity index (χ1v) is 6.56. The first kappa shape index (κ1) is 15.2. The summed E-state index contributed by atoms with van der Waals surface area (Å²) in [5.41, 5.74) is 5.83. The van der Waals surface area contributed by atoms with Crippen LogP contribution in [0.25, 0.3) is 0 Å². The van der Waals surface area contributed by atoms with E-state index in [2.05, 4.69) is 0 Å². The molecule has 3 atom stereocenters. The average molecular weight is 293 g/mol. The Labute approximate surface area is 114 Å².